The second-order valence-electron chi connectivity index (χ2n) is 5.25. The van der Waals surface area contributed by atoms with Gasteiger partial charge in [-0.15, -0.1) is 0 Å². The first-order chi connectivity index (χ1) is 8.86. The van der Waals surface area contributed by atoms with Gasteiger partial charge in [0.2, 0.25) is 0 Å². The topological polar surface area (TPSA) is 32.7 Å². The van der Waals surface area contributed by atoms with Crippen molar-refractivity contribution in [1.29, 1.82) is 0 Å². The van der Waals surface area contributed by atoms with Gasteiger partial charge in [0.25, 0.3) is 0 Å². The van der Waals surface area contributed by atoms with E-state index >= 15 is 0 Å². The SMILES string of the molecule is OC1c2ccccc2CCCC1N1CCOCC1. The van der Waals surface area contributed by atoms with Gasteiger partial charge in [-0.2, -0.15) is 0 Å². The number of hydrogen-bond donors (Lipinski definition) is 1. The number of aryl methyl sites for hydroxylation is 1. The number of hydrogen-bond acceptors (Lipinski definition) is 3. The summed E-state index contributed by atoms with van der Waals surface area (Å²) < 4.78 is 5.40. The van der Waals surface area contributed by atoms with Gasteiger partial charge in [-0.05, 0) is 30.4 Å². The van der Waals surface area contributed by atoms with E-state index in [1.807, 2.05) is 6.07 Å². The van der Waals surface area contributed by atoms with Gasteiger partial charge in [-0.3, -0.25) is 4.90 Å². The number of fused-ring (bicyclic) bond motifs is 1. The molecule has 1 fully saturated rings. The molecule has 1 aliphatic carbocycles. The Labute approximate surface area is 108 Å². The van der Waals surface area contributed by atoms with Gasteiger partial charge < -0.3 is 9.84 Å². The maximum Gasteiger partial charge on any atom is 0.0947 e. The lowest BCUT2D eigenvalue weighted by Gasteiger charge is -2.36. The van der Waals surface area contributed by atoms with Crippen molar-refractivity contribution in [3.8, 4) is 0 Å². The van der Waals surface area contributed by atoms with Crippen molar-refractivity contribution < 1.29 is 9.84 Å². The summed E-state index contributed by atoms with van der Waals surface area (Å²) in [6, 6.07) is 8.60. The second-order valence-corrected chi connectivity index (χ2v) is 5.25. The molecule has 0 amide bonds. The Balaban J connectivity index is 1.84. The molecule has 1 N–H and O–H groups in total. The van der Waals surface area contributed by atoms with Crippen LogP contribution in [0.1, 0.15) is 30.1 Å². The minimum absolute atomic E-state index is 0.262. The Morgan fingerprint density at radius 3 is 2.78 bits per heavy atom. The van der Waals surface area contributed by atoms with Crippen LogP contribution in [0.15, 0.2) is 24.3 Å². The highest BCUT2D eigenvalue weighted by molar-refractivity contribution is 5.31. The highest BCUT2D eigenvalue weighted by Gasteiger charge is 2.31. The summed E-state index contributed by atoms with van der Waals surface area (Å²) in [6.07, 6.45) is 2.99. The van der Waals surface area contributed by atoms with Crippen LogP contribution < -0.4 is 0 Å². The molecule has 1 aliphatic heterocycles. The highest BCUT2D eigenvalue weighted by Crippen LogP contribution is 2.32. The summed E-state index contributed by atoms with van der Waals surface area (Å²) in [7, 11) is 0. The van der Waals surface area contributed by atoms with E-state index in [9.17, 15) is 5.11 Å². The summed E-state index contributed by atoms with van der Waals surface area (Å²) in [6.45, 7) is 3.49. The van der Waals surface area contributed by atoms with Gasteiger partial charge in [0.15, 0.2) is 0 Å². The molecular weight excluding hydrogens is 226 g/mol. The Morgan fingerprint density at radius 1 is 1.17 bits per heavy atom. The molecular formula is C15H21NO2. The fourth-order valence-corrected chi connectivity index (χ4v) is 3.21. The van der Waals surface area contributed by atoms with Crippen LogP contribution >= 0.6 is 0 Å². The Hall–Kier alpha value is -0.900. The van der Waals surface area contributed by atoms with Crippen LogP contribution in [-0.4, -0.2) is 42.4 Å². The molecule has 3 nitrogen and oxygen atoms in total. The van der Waals surface area contributed by atoms with Crippen LogP contribution in [0.25, 0.3) is 0 Å². The van der Waals surface area contributed by atoms with Crippen molar-refractivity contribution in [3.05, 3.63) is 35.4 Å². The molecule has 1 aromatic carbocycles. The predicted molar refractivity (Wildman–Crippen MR) is 70.5 cm³/mol. The number of aliphatic hydroxyl groups excluding tert-OH is 1. The molecule has 1 aromatic rings. The number of nitrogens with zero attached hydrogens (tertiary/aromatic N) is 1. The lowest BCUT2D eigenvalue weighted by Crippen LogP contribution is -2.46. The summed E-state index contributed by atoms with van der Waals surface area (Å²) in [5, 5.41) is 10.7. The van der Waals surface area contributed by atoms with E-state index in [1.165, 1.54) is 5.56 Å². The van der Waals surface area contributed by atoms with Gasteiger partial charge in [0.05, 0.1) is 19.3 Å². The molecule has 2 unspecified atom stereocenters. The van der Waals surface area contributed by atoms with E-state index < -0.39 is 0 Å². The molecule has 0 radical (unpaired) electrons. The van der Waals surface area contributed by atoms with Gasteiger partial charge in [-0.25, -0.2) is 0 Å². The molecule has 0 spiro atoms. The van der Waals surface area contributed by atoms with Crippen LogP contribution in [-0.2, 0) is 11.2 Å². The van der Waals surface area contributed by atoms with Crippen molar-refractivity contribution in [2.75, 3.05) is 26.3 Å². The van der Waals surface area contributed by atoms with Crippen LogP contribution in [0.3, 0.4) is 0 Å². The molecule has 2 aliphatic rings. The Kier molecular flexibility index (Phi) is 3.64. The lowest BCUT2D eigenvalue weighted by molar-refractivity contribution is -0.0244. The third-order valence-electron chi connectivity index (χ3n) is 4.20. The molecule has 3 rings (SSSR count). The van der Waals surface area contributed by atoms with E-state index in [0.717, 1.165) is 51.1 Å². The molecule has 0 aromatic heterocycles. The van der Waals surface area contributed by atoms with Crippen LogP contribution in [0, 0.1) is 0 Å². The molecule has 3 heteroatoms. The second kappa shape index (κ2) is 5.39. The van der Waals surface area contributed by atoms with Crippen molar-refractivity contribution >= 4 is 0 Å². The number of benzene rings is 1. The third-order valence-corrected chi connectivity index (χ3v) is 4.20. The molecule has 18 heavy (non-hydrogen) atoms. The predicted octanol–water partition coefficient (Wildman–Crippen LogP) is 1.76. The summed E-state index contributed by atoms with van der Waals surface area (Å²) >= 11 is 0. The zero-order valence-corrected chi connectivity index (χ0v) is 10.7. The number of ether oxygens (including phenoxy) is 1. The Bertz CT molecular complexity index is 401. The third kappa shape index (κ3) is 2.30. The monoisotopic (exact) mass is 247 g/mol. The largest absolute Gasteiger partial charge is 0.387 e. The molecule has 0 bridgehead atoms. The average Bonchev–Trinajstić information content (AvgIpc) is 2.60. The maximum atomic E-state index is 10.7. The first-order valence-electron chi connectivity index (χ1n) is 6.94. The van der Waals surface area contributed by atoms with E-state index in [4.69, 9.17) is 4.74 Å². The van der Waals surface area contributed by atoms with Crippen LogP contribution in [0.2, 0.25) is 0 Å². The van der Waals surface area contributed by atoms with Gasteiger partial charge in [0, 0.05) is 19.1 Å². The van der Waals surface area contributed by atoms with Gasteiger partial charge in [0.1, 0.15) is 0 Å². The van der Waals surface area contributed by atoms with Crippen molar-refractivity contribution in [2.45, 2.75) is 31.4 Å². The first-order valence-corrected chi connectivity index (χ1v) is 6.94. The first kappa shape index (κ1) is 12.2. The summed E-state index contributed by atoms with van der Waals surface area (Å²) in [5.41, 5.74) is 2.45. The van der Waals surface area contributed by atoms with Gasteiger partial charge >= 0.3 is 0 Å². The number of rotatable bonds is 1. The van der Waals surface area contributed by atoms with Crippen molar-refractivity contribution in [2.24, 2.45) is 0 Å². The number of aliphatic hydroxyl groups is 1. The quantitative estimate of drug-likeness (QED) is 0.768. The van der Waals surface area contributed by atoms with Crippen LogP contribution in [0.5, 0.6) is 0 Å². The minimum Gasteiger partial charge on any atom is -0.387 e. The van der Waals surface area contributed by atoms with Crippen molar-refractivity contribution in [1.82, 2.24) is 4.90 Å². The normalized spacial score (nSPS) is 29.6. The van der Waals surface area contributed by atoms with Gasteiger partial charge in [-0.1, -0.05) is 24.3 Å². The standard InChI is InChI=1S/C15H21NO2/c17-15-13-6-2-1-4-12(13)5-3-7-14(15)16-8-10-18-11-9-16/h1-2,4,6,14-15,17H,3,5,7-11H2. The Morgan fingerprint density at radius 2 is 1.94 bits per heavy atom. The zero-order chi connectivity index (χ0) is 12.4. The van der Waals surface area contributed by atoms with E-state index in [-0.39, 0.29) is 12.1 Å². The fraction of sp³-hybridized carbons (Fsp3) is 0.600. The van der Waals surface area contributed by atoms with Crippen molar-refractivity contribution in [3.63, 3.8) is 0 Å². The molecule has 2 atom stereocenters. The average molecular weight is 247 g/mol. The molecule has 1 saturated heterocycles. The van der Waals surface area contributed by atoms with E-state index in [2.05, 4.69) is 23.1 Å². The summed E-state index contributed by atoms with van der Waals surface area (Å²) in [4.78, 5) is 2.40. The highest BCUT2D eigenvalue weighted by atomic mass is 16.5. The van der Waals surface area contributed by atoms with E-state index in [1.54, 1.807) is 0 Å². The lowest BCUT2D eigenvalue weighted by atomic mass is 9.97. The number of morpholine rings is 1. The smallest absolute Gasteiger partial charge is 0.0947 e. The maximum absolute atomic E-state index is 10.7. The molecule has 1 heterocycles. The summed E-state index contributed by atoms with van der Waals surface area (Å²) in [5.74, 6) is 0. The fourth-order valence-electron chi connectivity index (χ4n) is 3.21. The molecule has 0 saturated carbocycles. The minimum atomic E-state index is -0.346. The van der Waals surface area contributed by atoms with E-state index in [0.29, 0.717) is 0 Å². The van der Waals surface area contributed by atoms with Crippen LogP contribution in [0.4, 0.5) is 0 Å². The molecule has 98 valence electrons. The zero-order valence-electron chi connectivity index (χ0n) is 10.7.